The Balaban J connectivity index is 2.07. The van der Waals surface area contributed by atoms with Crippen molar-refractivity contribution in [2.24, 2.45) is 7.05 Å². The van der Waals surface area contributed by atoms with Gasteiger partial charge >= 0.3 is 0 Å². The van der Waals surface area contributed by atoms with Crippen LogP contribution in [-0.4, -0.2) is 46.6 Å². The third-order valence-corrected chi connectivity index (χ3v) is 4.57. The number of hydrogen-bond acceptors (Lipinski definition) is 4. The van der Waals surface area contributed by atoms with E-state index in [0.29, 0.717) is 28.5 Å². The quantitative estimate of drug-likeness (QED) is 0.895. The van der Waals surface area contributed by atoms with Crippen LogP contribution in [0.2, 0.25) is 0 Å². The van der Waals surface area contributed by atoms with Crippen LogP contribution in [0.1, 0.15) is 35.9 Å². The molecule has 7 heteroatoms. The van der Waals surface area contributed by atoms with Gasteiger partial charge in [0.1, 0.15) is 5.69 Å². The Kier molecular flexibility index (Phi) is 5.08. The number of nitrogens with one attached hydrogen (secondary N) is 1. The zero-order chi connectivity index (χ0) is 18.8. The number of likely N-dealkylation sites (N-methyl/N-ethyl adjacent to an activating group) is 1. The number of para-hydroxylation sites is 2. The monoisotopic (exact) mass is 355 g/mol. The first-order valence-electron chi connectivity index (χ1n) is 8.89. The van der Waals surface area contributed by atoms with E-state index in [0.717, 1.165) is 19.4 Å². The summed E-state index contributed by atoms with van der Waals surface area (Å²) in [5.41, 5.74) is 2.90. The highest BCUT2D eigenvalue weighted by atomic mass is 16.2. The number of hydrogen-bond donors (Lipinski definition) is 1. The third-order valence-electron chi connectivity index (χ3n) is 4.57. The summed E-state index contributed by atoms with van der Waals surface area (Å²) in [6.07, 6.45) is 2.12. The molecule has 2 aromatic rings. The number of anilines is 3. The zero-order valence-corrected chi connectivity index (χ0v) is 15.7. The molecule has 0 saturated carbocycles. The van der Waals surface area contributed by atoms with E-state index in [4.69, 9.17) is 0 Å². The molecule has 138 valence electrons. The van der Waals surface area contributed by atoms with Crippen LogP contribution in [0.25, 0.3) is 0 Å². The average Bonchev–Trinajstić information content (AvgIpc) is 2.81. The van der Waals surface area contributed by atoms with Gasteiger partial charge in [0.05, 0.1) is 23.6 Å². The highest BCUT2D eigenvalue weighted by Gasteiger charge is 2.34. The molecule has 0 spiro atoms. The van der Waals surface area contributed by atoms with Crippen LogP contribution in [-0.2, 0) is 11.8 Å². The highest BCUT2D eigenvalue weighted by Crippen LogP contribution is 2.39. The summed E-state index contributed by atoms with van der Waals surface area (Å²) in [6.45, 7) is 5.08. The van der Waals surface area contributed by atoms with Gasteiger partial charge in [-0.2, -0.15) is 5.10 Å². The number of carbonyl (C=O) groups excluding carboxylic acids is 2. The molecule has 0 aliphatic carbocycles. The van der Waals surface area contributed by atoms with Crippen LogP contribution >= 0.6 is 0 Å². The Labute approximate surface area is 153 Å². The summed E-state index contributed by atoms with van der Waals surface area (Å²) in [6, 6.07) is 7.36. The Morgan fingerprint density at radius 1 is 1.31 bits per heavy atom. The maximum Gasteiger partial charge on any atom is 0.276 e. The summed E-state index contributed by atoms with van der Waals surface area (Å²) in [7, 11) is 3.66. The largest absolute Gasteiger partial charge is 0.319 e. The Morgan fingerprint density at radius 2 is 2.04 bits per heavy atom. The standard InChI is InChI=1S/C19H25N5O2/c1-5-6-11-22(3)12-16(25)24-15-10-8-7-9-14(15)20-19(26)18-17(24)13(2)21-23(18)4/h7-10H,5-6,11-12H2,1-4H3,(H,20,26). The molecule has 0 radical (unpaired) electrons. The SMILES string of the molecule is CCCCN(C)CC(=O)N1c2ccccc2NC(=O)c2c1c(C)nn2C. The molecule has 2 amide bonds. The van der Waals surface area contributed by atoms with E-state index in [1.807, 2.05) is 43.1 Å². The van der Waals surface area contributed by atoms with Gasteiger partial charge in [0, 0.05) is 7.05 Å². The molecule has 0 saturated heterocycles. The van der Waals surface area contributed by atoms with Crippen LogP contribution in [0.4, 0.5) is 17.1 Å². The van der Waals surface area contributed by atoms with Gasteiger partial charge in [0.15, 0.2) is 5.69 Å². The van der Waals surface area contributed by atoms with Crippen LogP contribution in [0.5, 0.6) is 0 Å². The van der Waals surface area contributed by atoms with Gasteiger partial charge in [-0.15, -0.1) is 0 Å². The molecular weight excluding hydrogens is 330 g/mol. The fourth-order valence-electron chi connectivity index (χ4n) is 3.31. The maximum atomic E-state index is 13.2. The maximum absolute atomic E-state index is 13.2. The van der Waals surface area contributed by atoms with Crippen molar-refractivity contribution in [2.75, 3.05) is 30.4 Å². The molecule has 0 unspecified atom stereocenters. The average molecular weight is 355 g/mol. The fourth-order valence-corrected chi connectivity index (χ4v) is 3.31. The second-order valence-electron chi connectivity index (χ2n) is 6.70. The van der Waals surface area contributed by atoms with E-state index in [1.165, 1.54) is 4.68 Å². The van der Waals surface area contributed by atoms with Crippen LogP contribution in [0, 0.1) is 6.92 Å². The van der Waals surface area contributed by atoms with Gasteiger partial charge in [0.25, 0.3) is 5.91 Å². The normalized spacial score (nSPS) is 13.3. The first kappa shape index (κ1) is 18.1. The summed E-state index contributed by atoms with van der Waals surface area (Å²) in [5.74, 6) is -0.338. The van der Waals surface area contributed by atoms with Crippen LogP contribution < -0.4 is 10.2 Å². The number of aryl methyl sites for hydroxylation is 2. The molecule has 26 heavy (non-hydrogen) atoms. The number of amides is 2. The lowest BCUT2D eigenvalue weighted by molar-refractivity contribution is -0.118. The van der Waals surface area contributed by atoms with Crippen molar-refractivity contribution in [3.63, 3.8) is 0 Å². The molecule has 0 fully saturated rings. The van der Waals surface area contributed by atoms with Gasteiger partial charge in [-0.1, -0.05) is 25.5 Å². The third kappa shape index (κ3) is 3.22. The molecule has 1 aromatic heterocycles. The van der Waals surface area contributed by atoms with Gasteiger partial charge in [-0.25, -0.2) is 0 Å². The molecule has 3 rings (SSSR count). The van der Waals surface area contributed by atoms with Gasteiger partial charge in [0.2, 0.25) is 5.91 Å². The second kappa shape index (κ2) is 7.29. The Bertz CT molecular complexity index is 842. The number of fused-ring (bicyclic) bond motifs is 2. The van der Waals surface area contributed by atoms with Gasteiger partial charge < -0.3 is 5.32 Å². The van der Waals surface area contributed by atoms with Crippen molar-refractivity contribution in [3.05, 3.63) is 35.7 Å². The van der Waals surface area contributed by atoms with Crippen LogP contribution in [0.3, 0.4) is 0 Å². The number of rotatable bonds is 5. The fraction of sp³-hybridized carbons (Fsp3) is 0.421. The topological polar surface area (TPSA) is 70.5 Å². The van der Waals surface area contributed by atoms with Crippen molar-refractivity contribution in [3.8, 4) is 0 Å². The molecular formula is C19H25N5O2. The van der Waals surface area contributed by atoms with E-state index in [2.05, 4.69) is 17.3 Å². The highest BCUT2D eigenvalue weighted by molar-refractivity contribution is 6.17. The van der Waals surface area contributed by atoms with E-state index in [9.17, 15) is 9.59 Å². The molecule has 1 aromatic carbocycles. The number of unbranched alkanes of at least 4 members (excludes halogenated alkanes) is 1. The van der Waals surface area contributed by atoms with Crippen LogP contribution in [0.15, 0.2) is 24.3 Å². The first-order valence-corrected chi connectivity index (χ1v) is 8.89. The minimum absolute atomic E-state index is 0.0788. The zero-order valence-electron chi connectivity index (χ0n) is 15.7. The summed E-state index contributed by atoms with van der Waals surface area (Å²) >= 11 is 0. The van der Waals surface area contributed by atoms with E-state index in [-0.39, 0.29) is 18.4 Å². The molecule has 2 heterocycles. The smallest absolute Gasteiger partial charge is 0.276 e. The lowest BCUT2D eigenvalue weighted by atomic mass is 10.2. The van der Waals surface area contributed by atoms with E-state index >= 15 is 0 Å². The molecule has 1 aliphatic heterocycles. The minimum Gasteiger partial charge on any atom is -0.319 e. The molecule has 0 bridgehead atoms. The lowest BCUT2D eigenvalue weighted by Crippen LogP contribution is -2.37. The minimum atomic E-state index is -0.259. The molecule has 1 aliphatic rings. The lowest BCUT2D eigenvalue weighted by Gasteiger charge is -2.25. The molecule has 0 atom stereocenters. The first-order chi connectivity index (χ1) is 12.4. The van der Waals surface area contributed by atoms with Crippen molar-refractivity contribution < 1.29 is 9.59 Å². The second-order valence-corrected chi connectivity index (χ2v) is 6.70. The van der Waals surface area contributed by atoms with Crippen molar-refractivity contribution in [1.29, 1.82) is 0 Å². The number of carbonyl (C=O) groups is 2. The Morgan fingerprint density at radius 3 is 2.77 bits per heavy atom. The summed E-state index contributed by atoms with van der Waals surface area (Å²) in [4.78, 5) is 29.6. The number of aromatic nitrogens is 2. The predicted molar refractivity (Wildman–Crippen MR) is 102 cm³/mol. The summed E-state index contributed by atoms with van der Waals surface area (Å²) in [5, 5.41) is 7.27. The Hall–Kier alpha value is -2.67. The number of benzene rings is 1. The molecule has 1 N–H and O–H groups in total. The van der Waals surface area contributed by atoms with Crippen molar-refractivity contribution >= 4 is 28.9 Å². The van der Waals surface area contributed by atoms with Gasteiger partial charge in [-0.3, -0.25) is 24.1 Å². The van der Waals surface area contributed by atoms with E-state index < -0.39 is 0 Å². The van der Waals surface area contributed by atoms with Gasteiger partial charge in [-0.05, 0) is 39.1 Å². The van der Waals surface area contributed by atoms with Crippen molar-refractivity contribution in [1.82, 2.24) is 14.7 Å². The molecule has 7 nitrogen and oxygen atoms in total. The van der Waals surface area contributed by atoms with E-state index in [1.54, 1.807) is 11.9 Å². The predicted octanol–water partition coefficient (Wildman–Crippen LogP) is 2.69. The summed E-state index contributed by atoms with van der Waals surface area (Å²) < 4.78 is 1.53. The number of nitrogens with zero attached hydrogens (tertiary/aromatic N) is 4. The van der Waals surface area contributed by atoms with Crippen molar-refractivity contribution in [2.45, 2.75) is 26.7 Å².